The molecule has 1 aliphatic rings. The Labute approximate surface area is 250 Å². The zero-order chi connectivity index (χ0) is 26.9. The van der Waals surface area contributed by atoms with Crippen molar-refractivity contribution >= 4 is 11.4 Å². The van der Waals surface area contributed by atoms with Gasteiger partial charge in [-0.3, -0.25) is 0 Å². The minimum atomic E-state index is 0. The Hall–Kier alpha value is -2.83. The average Bonchev–Trinajstić information content (AvgIpc) is 2.86. The van der Waals surface area contributed by atoms with E-state index in [2.05, 4.69) is 148 Å². The molecule has 5 rings (SSSR count). The van der Waals surface area contributed by atoms with Gasteiger partial charge in [-0.1, -0.05) is 89.1 Å². The fraction of sp³-hybridized carbons (Fsp3) is 0.333. The molecule has 0 saturated heterocycles. The van der Waals surface area contributed by atoms with Crippen LogP contribution in [0.1, 0.15) is 52.7 Å². The summed E-state index contributed by atoms with van der Waals surface area (Å²) in [6, 6.07) is 38.5. The van der Waals surface area contributed by atoms with E-state index in [9.17, 15) is 0 Å². The topological polar surface area (TPSA) is 6.48 Å². The quantitative estimate of drug-likeness (QED) is 0.193. The third-order valence-electron chi connectivity index (χ3n) is 6.83. The predicted octanol–water partition coefficient (Wildman–Crippen LogP) is 9.04. The van der Waals surface area contributed by atoms with Crippen LogP contribution in [-0.2, 0) is 34.2 Å². The van der Waals surface area contributed by atoms with E-state index in [1.807, 2.05) is 0 Å². The number of fused-ring (bicyclic) bond motifs is 8. The molecule has 4 aromatic carbocycles. The van der Waals surface area contributed by atoms with Crippen LogP contribution in [-0.4, -0.2) is 13.1 Å². The molecule has 4 aromatic rings. The summed E-state index contributed by atoms with van der Waals surface area (Å²) in [4.78, 5) is 5.05. The van der Waals surface area contributed by atoms with Gasteiger partial charge in [0.2, 0.25) is 0 Å². The van der Waals surface area contributed by atoms with E-state index in [1.165, 1.54) is 33.6 Å². The monoisotopic (exact) mass is 695 g/mol. The van der Waals surface area contributed by atoms with E-state index in [-0.39, 0.29) is 31.9 Å². The van der Waals surface area contributed by atoms with E-state index in [4.69, 9.17) is 0 Å². The first kappa shape index (κ1) is 29.2. The molecule has 0 unspecified atom stereocenters. The van der Waals surface area contributed by atoms with E-state index in [0.717, 1.165) is 37.3 Å². The van der Waals surface area contributed by atoms with Crippen LogP contribution in [0.3, 0.4) is 0 Å². The Morgan fingerprint density at radius 3 is 1.31 bits per heavy atom. The standard InChI is InChI=1S/C36H40N2.Pt/c1-35(2,3)25-37-23-27-13-11-16-30(21-27)32-18-8-10-20-34(32)38(26-36(4,5)6)24-28-14-12-15-29(22-28)31-17-7-9-19-33(31)37;/h7-20H,23-26H2,1-6H3;/q-2;+4. The summed E-state index contributed by atoms with van der Waals surface area (Å²) >= 11 is 0. The van der Waals surface area contributed by atoms with Crippen molar-refractivity contribution in [3.63, 3.8) is 0 Å². The maximum Gasteiger partial charge on any atom is 4.00 e. The third kappa shape index (κ3) is 7.23. The van der Waals surface area contributed by atoms with Gasteiger partial charge in [-0.15, -0.1) is 70.8 Å². The molecule has 0 aliphatic carbocycles. The summed E-state index contributed by atoms with van der Waals surface area (Å²) in [6.07, 6.45) is 0. The van der Waals surface area contributed by atoms with Gasteiger partial charge in [-0.25, -0.2) is 0 Å². The maximum absolute atomic E-state index is 3.82. The number of rotatable bonds is 2. The summed E-state index contributed by atoms with van der Waals surface area (Å²) in [5, 5.41) is 0. The van der Waals surface area contributed by atoms with Crippen molar-refractivity contribution in [1.29, 1.82) is 0 Å². The van der Waals surface area contributed by atoms with Gasteiger partial charge >= 0.3 is 21.1 Å². The molecular weight excluding hydrogens is 655 g/mol. The fourth-order valence-corrected chi connectivity index (χ4v) is 5.50. The molecular formula is C36H40N2Pt+2. The molecule has 202 valence electrons. The van der Waals surface area contributed by atoms with Gasteiger partial charge in [0.15, 0.2) is 0 Å². The Morgan fingerprint density at radius 2 is 0.923 bits per heavy atom. The number of anilines is 2. The van der Waals surface area contributed by atoms with Crippen LogP contribution in [0.5, 0.6) is 0 Å². The second kappa shape index (κ2) is 11.7. The smallest absolute Gasteiger partial charge is 0.375 e. The molecule has 0 N–H and O–H groups in total. The van der Waals surface area contributed by atoms with Gasteiger partial charge < -0.3 is 9.80 Å². The minimum Gasteiger partial charge on any atom is -0.375 e. The molecule has 0 saturated carbocycles. The van der Waals surface area contributed by atoms with E-state index in [1.54, 1.807) is 0 Å². The molecule has 0 amide bonds. The van der Waals surface area contributed by atoms with E-state index >= 15 is 0 Å². The zero-order valence-corrected chi connectivity index (χ0v) is 26.4. The van der Waals surface area contributed by atoms with Crippen molar-refractivity contribution in [2.45, 2.75) is 54.6 Å². The zero-order valence-electron chi connectivity index (χ0n) is 24.1. The molecule has 0 aromatic heterocycles. The van der Waals surface area contributed by atoms with E-state index < -0.39 is 0 Å². The first-order valence-electron chi connectivity index (χ1n) is 13.8. The van der Waals surface area contributed by atoms with Crippen LogP contribution in [0.2, 0.25) is 0 Å². The largest absolute Gasteiger partial charge is 4.00 e. The summed E-state index contributed by atoms with van der Waals surface area (Å²) in [5.41, 5.74) is 9.94. The van der Waals surface area contributed by atoms with Crippen molar-refractivity contribution in [3.8, 4) is 22.3 Å². The van der Waals surface area contributed by atoms with Gasteiger partial charge in [0.1, 0.15) is 0 Å². The number of benzene rings is 4. The minimum absolute atomic E-state index is 0. The Kier molecular flexibility index (Phi) is 8.77. The van der Waals surface area contributed by atoms with Crippen molar-refractivity contribution in [2.24, 2.45) is 10.8 Å². The van der Waals surface area contributed by atoms with Crippen LogP contribution >= 0.6 is 0 Å². The van der Waals surface area contributed by atoms with Crippen LogP contribution in [0, 0.1) is 23.0 Å². The summed E-state index contributed by atoms with van der Waals surface area (Å²) in [7, 11) is 0. The molecule has 39 heavy (non-hydrogen) atoms. The summed E-state index contributed by atoms with van der Waals surface area (Å²) < 4.78 is 0. The number of para-hydroxylation sites is 2. The fourth-order valence-electron chi connectivity index (χ4n) is 5.50. The van der Waals surface area contributed by atoms with Crippen molar-refractivity contribution in [3.05, 3.63) is 108 Å². The van der Waals surface area contributed by atoms with Gasteiger partial charge in [0.25, 0.3) is 0 Å². The second-order valence-electron chi connectivity index (χ2n) is 13.0. The number of hydrogen-bond donors (Lipinski definition) is 0. The summed E-state index contributed by atoms with van der Waals surface area (Å²) in [5.74, 6) is 0. The van der Waals surface area contributed by atoms with Crippen LogP contribution < -0.4 is 9.80 Å². The van der Waals surface area contributed by atoms with Gasteiger partial charge in [0.05, 0.1) is 0 Å². The molecule has 1 heterocycles. The predicted molar refractivity (Wildman–Crippen MR) is 162 cm³/mol. The SMILES string of the molecule is CC(C)(C)CN1Cc2[c-]c(ccc2)-c2ccccc2N(CC(C)(C)C)Cc2[c-]c(ccc2)-c2ccccc21.[Pt+4]. The van der Waals surface area contributed by atoms with Crippen LogP contribution in [0.4, 0.5) is 11.4 Å². The van der Waals surface area contributed by atoms with E-state index in [0.29, 0.717) is 0 Å². The molecule has 1 aliphatic heterocycles. The summed E-state index contributed by atoms with van der Waals surface area (Å²) in [6.45, 7) is 17.4. The molecule has 0 radical (unpaired) electrons. The third-order valence-corrected chi connectivity index (χ3v) is 6.83. The van der Waals surface area contributed by atoms with Gasteiger partial charge in [-0.2, -0.15) is 0 Å². The second-order valence-corrected chi connectivity index (χ2v) is 13.0. The van der Waals surface area contributed by atoms with Crippen molar-refractivity contribution in [1.82, 2.24) is 0 Å². The van der Waals surface area contributed by atoms with Crippen LogP contribution in [0.25, 0.3) is 22.3 Å². The normalized spacial score (nSPS) is 13.6. The van der Waals surface area contributed by atoms with Crippen molar-refractivity contribution < 1.29 is 21.1 Å². The van der Waals surface area contributed by atoms with Gasteiger partial charge in [-0.05, 0) is 23.0 Å². The maximum atomic E-state index is 3.82. The Bertz CT molecular complexity index is 1300. The molecule has 3 heteroatoms. The Balaban J connectivity index is 0.00000353. The molecule has 0 atom stereocenters. The van der Waals surface area contributed by atoms with Crippen LogP contribution in [0.15, 0.2) is 84.9 Å². The van der Waals surface area contributed by atoms with Gasteiger partial charge in [0, 0.05) is 37.6 Å². The molecule has 0 spiro atoms. The molecule has 2 nitrogen and oxygen atoms in total. The Morgan fingerprint density at radius 1 is 0.538 bits per heavy atom. The first-order chi connectivity index (χ1) is 18.1. The van der Waals surface area contributed by atoms with Crippen molar-refractivity contribution in [2.75, 3.05) is 22.9 Å². The first-order valence-corrected chi connectivity index (χ1v) is 13.8. The number of hydrogen-bond acceptors (Lipinski definition) is 2. The molecule has 4 bridgehead atoms. The molecule has 0 fully saturated rings. The average molecular weight is 696 g/mol. The number of nitrogens with zero attached hydrogens (tertiary/aromatic N) is 2.